The lowest BCUT2D eigenvalue weighted by atomic mass is 9.96. The van der Waals surface area contributed by atoms with Gasteiger partial charge in [-0.25, -0.2) is 0 Å². The highest BCUT2D eigenvalue weighted by Crippen LogP contribution is 2.16. The predicted octanol–water partition coefficient (Wildman–Crippen LogP) is 0.377. The minimum Gasteiger partial charge on any atom is -0.370 e. The zero-order chi connectivity index (χ0) is 14.2. The van der Waals surface area contributed by atoms with Crippen molar-refractivity contribution in [1.82, 2.24) is 20.8 Å². The van der Waals surface area contributed by atoms with Crippen LogP contribution in [0.1, 0.15) is 42.6 Å². The van der Waals surface area contributed by atoms with Gasteiger partial charge in [-0.1, -0.05) is 19.3 Å². The summed E-state index contributed by atoms with van der Waals surface area (Å²) in [5.41, 5.74) is 6.27. The maximum atomic E-state index is 11.6. The number of nitrogens with one attached hydrogen (secondary N) is 3. The fourth-order valence-electron chi connectivity index (χ4n) is 2.33. The van der Waals surface area contributed by atoms with Gasteiger partial charge in [-0.15, -0.1) is 0 Å². The largest absolute Gasteiger partial charge is 0.370 e. The fourth-order valence-corrected chi connectivity index (χ4v) is 2.33. The standard InChI is InChI=1S/C13H22N6O/c14-13(18-10-4-2-1-3-5-10)16-9-8-15-12(20)11-6-7-17-19-11/h6-7,10H,1-5,8-9H2,(H,15,20)(H,17,19)(H3,14,16,18). The molecule has 1 aromatic rings. The smallest absolute Gasteiger partial charge is 0.269 e. The van der Waals surface area contributed by atoms with Gasteiger partial charge in [0.15, 0.2) is 5.96 Å². The van der Waals surface area contributed by atoms with E-state index in [0.717, 1.165) is 12.8 Å². The normalized spacial score (nSPS) is 16.9. The summed E-state index contributed by atoms with van der Waals surface area (Å²) in [5, 5.41) is 12.3. The van der Waals surface area contributed by atoms with E-state index in [-0.39, 0.29) is 5.91 Å². The summed E-state index contributed by atoms with van der Waals surface area (Å²) in [6.07, 6.45) is 7.68. The zero-order valence-corrected chi connectivity index (χ0v) is 11.6. The third kappa shape index (κ3) is 4.56. The molecule has 2 rings (SSSR count). The van der Waals surface area contributed by atoms with E-state index in [4.69, 9.17) is 5.73 Å². The van der Waals surface area contributed by atoms with E-state index < -0.39 is 0 Å². The Morgan fingerprint density at radius 1 is 1.45 bits per heavy atom. The summed E-state index contributed by atoms with van der Waals surface area (Å²) in [7, 11) is 0. The third-order valence-electron chi connectivity index (χ3n) is 3.38. The second-order valence-corrected chi connectivity index (χ2v) is 4.97. The van der Waals surface area contributed by atoms with Gasteiger partial charge in [0.05, 0.1) is 6.54 Å². The van der Waals surface area contributed by atoms with Crippen molar-refractivity contribution in [3.05, 3.63) is 18.0 Å². The molecule has 0 aliphatic heterocycles. The van der Waals surface area contributed by atoms with Crippen LogP contribution in [0.25, 0.3) is 0 Å². The Balaban J connectivity index is 1.63. The van der Waals surface area contributed by atoms with Crippen molar-refractivity contribution in [2.75, 3.05) is 13.1 Å². The van der Waals surface area contributed by atoms with Gasteiger partial charge in [0, 0.05) is 18.8 Å². The number of hydrogen-bond acceptors (Lipinski definition) is 3. The van der Waals surface area contributed by atoms with Gasteiger partial charge in [0.2, 0.25) is 0 Å². The quantitative estimate of drug-likeness (QED) is 0.354. The molecule has 110 valence electrons. The summed E-state index contributed by atoms with van der Waals surface area (Å²) in [6.45, 7) is 0.913. The van der Waals surface area contributed by atoms with Crippen LogP contribution in [0.5, 0.6) is 0 Å². The molecule has 1 fully saturated rings. The molecule has 0 radical (unpaired) electrons. The van der Waals surface area contributed by atoms with Gasteiger partial charge < -0.3 is 16.4 Å². The first-order valence-corrected chi connectivity index (χ1v) is 7.10. The first kappa shape index (κ1) is 14.4. The van der Waals surface area contributed by atoms with Gasteiger partial charge in [-0.2, -0.15) is 5.10 Å². The van der Waals surface area contributed by atoms with Crippen LogP contribution in [0.4, 0.5) is 0 Å². The fraction of sp³-hybridized carbons (Fsp3) is 0.615. The Bertz CT molecular complexity index is 436. The molecular weight excluding hydrogens is 256 g/mol. The number of H-pyrrole nitrogens is 1. The van der Waals surface area contributed by atoms with Crippen LogP contribution >= 0.6 is 0 Å². The number of guanidine groups is 1. The number of aromatic amines is 1. The van der Waals surface area contributed by atoms with E-state index in [1.165, 1.54) is 19.3 Å². The summed E-state index contributed by atoms with van der Waals surface area (Å²) < 4.78 is 0. The molecule has 0 saturated heterocycles. The van der Waals surface area contributed by atoms with Gasteiger partial charge >= 0.3 is 0 Å². The van der Waals surface area contributed by atoms with E-state index in [2.05, 4.69) is 25.8 Å². The highest BCUT2D eigenvalue weighted by Gasteiger charge is 2.13. The van der Waals surface area contributed by atoms with Gasteiger partial charge in [0.1, 0.15) is 5.69 Å². The van der Waals surface area contributed by atoms with Crippen molar-refractivity contribution >= 4 is 11.9 Å². The Kier molecular flexibility index (Phi) is 5.40. The molecule has 1 aliphatic carbocycles. The summed E-state index contributed by atoms with van der Waals surface area (Å²) >= 11 is 0. The predicted molar refractivity (Wildman–Crippen MR) is 77.4 cm³/mol. The molecule has 0 unspecified atom stereocenters. The molecule has 0 atom stereocenters. The van der Waals surface area contributed by atoms with Gasteiger partial charge in [0.25, 0.3) is 5.91 Å². The summed E-state index contributed by atoms with van der Waals surface area (Å²) in [4.78, 5) is 15.8. The van der Waals surface area contributed by atoms with E-state index in [0.29, 0.717) is 30.8 Å². The maximum absolute atomic E-state index is 11.6. The van der Waals surface area contributed by atoms with Crippen molar-refractivity contribution in [2.24, 2.45) is 10.7 Å². The van der Waals surface area contributed by atoms with Gasteiger partial charge in [-0.05, 0) is 18.9 Å². The molecule has 0 bridgehead atoms. The number of aliphatic imine (C=N–C) groups is 1. The molecule has 7 heteroatoms. The number of carbonyl (C=O) groups is 1. The lowest BCUT2D eigenvalue weighted by molar-refractivity contribution is 0.0950. The van der Waals surface area contributed by atoms with Crippen molar-refractivity contribution in [3.63, 3.8) is 0 Å². The van der Waals surface area contributed by atoms with E-state index in [1.54, 1.807) is 12.3 Å². The lowest BCUT2D eigenvalue weighted by Gasteiger charge is -2.23. The number of carbonyl (C=O) groups excluding carboxylic acids is 1. The minimum absolute atomic E-state index is 0.184. The molecule has 20 heavy (non-hydrogen) atoms. The van der Waals surface area contributed by atoms with E-state index in [9.17, 15) is 4.79 Å². The summed E-state index contributed by atoms with van der Waals surface area (Å²) in [6, 6.07) is 2.07. The van der Waals surface area contributed by atoms with Crippen LogP contribution in [0, 0.1) is 0 Å². The van der Waals surface area contributed by atoms with Crippen molar-refractivity contribution in [2.45, 2.75) is 38.1 Å². The minimum atomic E-state index is -0.184. The van der Waals surface area contributed by atoms with Crippen LogP contribution in [0.2, 0.25) is 0 Å². The molecule has 1 aromatic heterocycles. The zero-order valence-electron chi connectivity index (χ0n) is 11.6. The molecule has 1 aliphatic rings. The first-order chi connectivity index (χ1) is 9.75. The Hall–Kier alpha value is -2.05. The first-order valence-electron chi connectivity index (χ1n) is 7.10. The molecule has 1 saturated carbocycles. The number of nitrogens with zero attached hydrogens (tertiary/aromatic N) is 2. The SMILES string of the molecule is NC(=NCCNC(=O)c1ccn[nH]1)NC1CCCCC1. The molecule has 1 amide bonds. The highest BCUT2D eigenvalue weighted by atomic mass is 16.1. The topological polar surface area (TPSA) is 108 Å². The average molecular weight is 278 g/mol. The Morgan fingerprint density at radius 3 is 2.95 bits per heavy atom. The van der Waals surface area contributed by atoms with Crippen molar-refractivity contribution in [3.8, 4) is 0 Å². The van der Waals surface area contributed by atoms with E-state index in [1.807, 2.05) is 0 Å². The molecule has 0 aromatic carbocycles. The molecule has 0 spiro atoms. The van der Waals surface area contributed by atoms with Gasteiger partial charge in [-0.3, -0.25) is 14.9 Å². The number of hydrogen-bond donors (Lipinski definition) is 4. The van der Waals surface area contributed by atoms with Crippen LogP contribution < -0.4 is 16.4 Å². The van der Waals surface area contributed by atoms with Crippen LogP contribution in [-0.2, 0) is 0 Å². The van der Waals surface area contributed by atoms with Crippen molar-refractivity contribution < 1.29 is 4.79 Å². The second-order valence-electron chi connectivity index (χ2n) is 4.97. The van der Waals surface area contributed by atoms with E-state index >= 15 is 0 Å². The number of nitrogens with two attached hydrogens (primary N) is 1. The lowest BCUT2D eigenvalue weighted by Crippen LogP contribution is -2.41. The Morgan fingerprint density at radius 2 is 2.25 bits per heavy atom. The second kappa shape index (κ2) is 7.52. The average Bonchev–Trinajstić information content (AvgIpc) is 2.99. The van der Waals surface area contributed by atoms with Crippen LogP contribution in [0.3, 0.4) is 0 Å². The molecule has 7 nitrogen and oxygen atoms in total. The molecular formula is C13H22N6O. The van der Waals surface area contributed by atoms with Crippen LogP contribution in [0.15, 0.2) is 17.3 Å². The number of amides is 1. The van der Waals surface area contributed by atoms with Crippen LogP contribution in [-0.4, -0.2) is 41.2 Å². The third-order valence-corrected chi connectivity index (χ3v) is 3.38. The summed E-state index contributed by atoms with van der Waals surface area (Å²) in [5.74, 6) is 0.282. The monoisotopic (exact) mass is 278 g/mol. The Labute approximate surface area is 118 Å². The molecule has 1 heterocycles. The number of aromatic nitrogens is 2. The maximum Gasteiger partial charge on any atom is 0.269 e. The van der Waals surface area contributed by atoms with Crippen molar-refractivity contribution in [1.29, 1.82) is 0 Å². The highest BCUT2D eigenvalue weighted by molar-refractivity contribution is 5.92. The molecule has 5 N–H and O–H groups in total. The number of rotatable bonds is 5.